The zero-order valence-electron chi connectivity index (χ0n) is 8.92. The predicted molar refractivity (Wildman–Crippen MR) is 71.4 cm³/mol. The number of rotatable bonds is 2. The van der Waals surface area contributed by atoms with Crippen molar-refractivity contribution in [1.29, 1.82) is 0 Å². The van der Waals surface area contributed by atoms with Crippen molar-refractivity contribution in [3.05, 3.63) is 34.9 Å². The largest absolute Gasteiger partial charge is 0.359 e. The molecule has 0 spiro atoms. The van der Waals surface area contributed by atoms with Crippen LogP contribution in [0.15, 0.2) is 34.9 Å². The highest BCUT2D eigenvalue weighted by atomic mass is 79.9. The van der Waals surface area contributed by atoms with Crippen LogP contribution < -0.4 is 5.32 Å². The number of anilines is 1. The van der Waals surface area contributed by atoms with Gasteiger partial charge in [-0.1, -0.05) is 34.0 Å². The Kier molecular flexibility index (Phi) is 3.43. The van der Waals surface area contributed by atoms with E-state index >= 15 is 0 Å². The third kappa shape index (κ3) is 2.17. The molecule has 1 heterocycles. The van der Waals surface area contributed by atoms with Crippen molar-refractivity contribution in [3.8, 4) is 11.8 Å². The molecule has 80 valence electrons. The van der Waals surface area contributed by atoms with Gasteiger partial charge in [-0.2, -0.15) is 0 Å². The fourth-order valence-corrected chi connectivity index (χ4v) is 2.02. The highest BCUT2D eigenvalue weighted by Gasteiger charge is 2.02. The van der Waals surface area contributed by atoms with Crippen molar-refractivity contribution < 1.29 is 0 Å². The fraction of sp³-hybridized carbons (Fsp3) is 0.154. The van der Waals surface area contributed by atoms with Crippen molar-refractivity contribution in [3.63, 3.8) is 0 Å². The minimum Gasteiger partial charge on any atom is -0.359 e. The van der Waals surface area contributed by atoms with E-state index in [-0.39, 0.29) is 0 Å². The summed E-state index contributed by atoms with van der Waals surface area (Å²) in [6.45, 7) is 2.45. The maximum Gasteiger partial charge on any atom is 0.134 e. The number of pyridine rings is 1. The molecule has 0 saturated carbocycles. The van der Waals surface area contributed by atoms with Gasteiger partial charge in [0.2, 0.25) is 0 Å². The lowest BCUT2D eigenvalue weighted by atomic mass is 10.1. The van der Waals surface area contributed by atoms with Crippen LogP contribution in [0.3, 0.4) is 0 Å². The number of nitrogens with zero attached hydrogens (tertiary/aromatic N) is 1. The molecule has 0 saturated heterocycles. The summed E-state index contributed by atoms with van der Waals surface area (Å²) in [4.78, 5) is 4.32. The maximum atomic E-state index is 4.32. The van der Waals surface area contributed by atoms with E-state index in [1.54, 1.807) is 6.20 Å². The molecular weight excluding hydrogens is 264 g/mol. The average molecular weight is 275 g/mol. The fourth-order valence-electron chi connectivity index (χ4n) is 1.53. The summed E-state index contributed by atoms with van der Waals surface area (Å²) < 4.78 is 1.08. The molecule has 0 aliphatic carbocycles. The van der Waals surface area contributed by atoms with Crippen LogP contribution >= 0.6 is 15.9 Å². The van der Waals surface area contributed by atoms with Crippen LogP contribution in [0.5, 0.6) is 0 Å². The topological polar surface area (TPSA) is 24.9 Å². The average Bonchev–Trinajstić information content (AvgIpc) is 2.31. The molecule has 2 nitrogen and oxygen atoms in total. The van der Waals surface area contributed by atoms with Crippen LogP contribution in [0.25, 0.3) is 10.8 Å². The Labute approximate surface area is 103 Å². The summed E-state index contributed by atoms with van der Waals surface area (Å²) in [5.41, 5.74) is 0. The Bertz CT molecular complexity index is 567. The minimum absolute atomic E-state index is 0.620. The molecule has 3 heteroatoms. The first-order chi connectivity index (χ1) is 7.83. The molecule has 0 atom stereocenters. The first kappa shape index (κ1) is 11.0. The normalized spacial score (nSPS) is 9.62. The van der Waals surface area contributed by atoms with Gasteiger partial charge in [0.25, 0.3) is 0 Å². The first-order valence-electron chi connectivity index (χ1n) is 4.99. The zero-order chi connectivity index (χ0) is 11.4. The van der Waals surface area contributed by atoms with Crippen molar-refractivity contribution in [2.75, 3.05) is 11.9 Å². The summed E-state index contributed by atoms with van der Waals surface area (Å²) >= 11 is 3.53. The second-order valence-corrected chi connectivity index (χ2v) is 4.13. The first-order valence-corrected chi connectivity index (χ1v) is 5.79. The van der Waals surface area contributed by atoms with Gasteiger partial charge in [-0.25, -0.2) is 4.98 Å². The van der Waals surface area contributed by atoms with Crippen molar-refractivity contribution >= 4 is 32.5 Å². The summed E-state index contributed by atoms with van der Waals surface area (Å²) in [5.74, 6) is 6.69. The lowest BCUT2D eigenvalue weighted by Gasteiger charge is -2.06. The number of hydrogen-bond acceptors (Lipinski definition) is 2. The van der Waals surface area contributed by atoms with Gasteiger partial charge in [0.05, 0.1) is 6.54 Å². The number of aromatic nitrogens is 1. The van der Waals surface area contributed by atoms with Gasteiger partial charge in [-0.3, -0.25) is 0 Å². The van der Waals surface area contributed by atoms with E-state index in [1.165, 1.54) is 0 Å². The van der Waals surface area contributed by atoms with E-state index < -0.39 is 0 Å². The Hall–Kier alpha value is -1.53. The number of fused-ring (bicyclic) bond motifs is 1. The van der Waals surface area contributed by atoms with Crippen molar-refractivity contribution in [2.45, 2.75) is 6.92 Å². The van der Waals surface area contributed by atoms with Gasteiger partial charge >= 0.3 is 0 Å². The molecule has 0 aliphatic rings. The summed E-state index contributed by atoms with van der Waals surface area (Å²) in [7, 11) is 0. The summed E-state index contributed by atoms with van der Waals surface area (Å²) in [5, 5.41) is 5.47. The molecule has 0 aliphatic heterocycles. The molecule has 1 aromatic carbocycles. The Morgan fingerprint density at radius 2 is 2.19 bits per heavy atom. The monoisotopic (exact) mass is 274 g/mol. The standard InChI is InChI=1S/C13H11BrN2/c1-2-3-8-15-13-11-5-4-6-12(14)10(11)7-9-16-13/h4-7,9H,8H2,1H3,(H,15,16). The van der Waals surface area contributed by atoms with Gasteiger partial charge in [-0.15, -0.1) is 5.92 Å². The molecule has 16 heavy (non-hydrogen) atoms. The molecule has 1 aromatic heterocycles. The van der Waals surface area contributed by atoms with Crippen LogP contribution in [0.2, 0.25) is 0 Å². The highest BCUT2D eigenvalue weighted by molar-refractivity contribution is 9.10. The van der Waals surface area contributed by atoms with Crippen LogP contribution in [0.1, 0.15) is 6.92 Å². The van der Waals surface area contributed by atoms with Crippen molar-refractivity contribution in [1.82, 2.24) is 4.98 Å². The second kappa shape index (κ2) is 5.00. The second-order valence-electron chi connectivity index (χ2n) is 3.27. The van der Waals surface area contributed by atoms with Gasteiger partial charge in [0, 0.05) is 21.4 Å². The SMILES string of the molecule is CC#CCNc1nccc2c(Br)cccc12. The number of halogens is 1. The third-order valence-electron chi connectivity index (χ3n) is 2.27. The van der Waals surface area contributed by atoms with Crippen LogP contribution in [-0.4, -0.2) is 11.5 Å². The molecule has 2 rings (SSSR count). The molecule has 0 amide bonds. The van der Waals surface area contributed by atoms with Crippen LogP contribution in [0.4, 0.5) is 5.82 Å². The Morgan fingerprint density at radius 3 is 3.00 bits per heavy atom. The minimum atomic E-state index is 0.620. The van der Waals surface area contributed by atoms with Gasteiger partial charge in [-0.05, 0) is 19.1 Å². The van der Waals surface area contributed by atoms with Crippen LogP contribution in [-0.2, 0) is 0 Å². The molecule has 0 radical (unpaired) electrons. The van der Waals surface area contributed by atoms with E-state index in [0.29, 0.717) is 6.54 Å². The number of benzene rings is 1. The quantitative estimate of drug-likeness (QED) is 0.849. The Morgan fingerprint density at radius 1 is 1.31 bits per heavy atom. The van der Waals surface area contributed by atoms with E-state index in [9.17, 15) is 0 Å². The molecule has 2 aromatic rings. The molecule has 1 N–H and O–H groups in total. The lowest BCUT2D eigenvalue weighted by Crippen LogP contribution is -2.01. The molecular formula is C13H11BrN2. The third-order valence-corrected chi connectivity index (χ3v) is 2.97. The van der Waals surface area contributed by atoms with E-state index in [0.717, 1.165) is 21.1 Å². The molecule has 0 unspecified atom stereocenters. The van der Waals surface area contributed by atoms with Gasteiger partial charge in [0.1, 0.15) is 5.82 Å². The van der Waals surface area contributed by atoms with Crippen molar-refractivity contribution in [2.24, 2.45) is 0 Å². The summed E-state index contributed by atoms with van der Waals surface area (Å²) in [6.07, 6.45) is 1.80. The molecule has 0 bridgehead atoms. The smallest absolute Gasteiger partial charge is 0.134 e. The van der Waals surface area contributed by atoms with Gasteiger partial charge < -0.3 is 5.32 Å². The van der Waals surface area contributed by atoms with E-state index in [1.807, 2.05) is 25.1 Å². The number of nitrogens with one attached hydrogen (secondary N) is 1. The van der Waals surface area contributed by atoms with Crippen LogP contribution in [0, 0.1) is 11.8 Å². The van der Waals surface area contributed by atoms with E-state index in [4.69, 9.17) is 0 Å². The number of hydrogen-bond donors (Lipinski definition) is 1. The zero-order valence-corrected chi connectivity index (χ0v) is 10.5. The Balaban J connectivity index is 2.44. The molecule has 0 fully saturated rings. The highest BCUT2D eigenvalue weighted by Crippen LogP contribution is 2.27. The lowest BCUT2D eigenvalue weighted by molar-refractivity contribution is 1.27. The predicted octanol–water partition coefficient (Wildman–Crippen LogP) is 3.43. The van der Waals surface area contributed by atoms with Gasteiger partial charge in [0.15, 0.2) is 0 Å². The van der Waals surface area contributed by atoms with E-state index in [2.05, 4.69) is 44.1 Å². The summed E-state index contributed by atoms with van der Waals surface area (Å²) in [6, 6.07) is 8.08. The maximum absolute atomic E-state index is 4.32.